The van der Waals surface area contributed by atoms with Crippen LogP contribution in [0, 0.1) is 6.92 Å². The van der Waals surface area contributed by atoms with Crippen LogP contribution < -0.4 is 5.32 Å². The van der Waals surface area contributed by atoms with Crippen LogP contribution in [0.4, 0.5) is 0 Å². The number of amides is 1. The summed E-state index contributed by atoms with van der Waals surface area (Å²) >= 11 is 1.37. The first-order chi connectivity index (χ1) is 7.99. The fourth-order valence-corrected chi connectivity index (χ4v) is 1.81. The third kappa shape index (κ3) is 2.50. The Morgan fingerprint density at radius 1 is 1.53 bits per heavy atom. The largest absolute Gasteiger partial charge is 0.337 e. The first-order valence-electron chi connectivity index (χ1n) is 5.00. The van der Waals surface area contributed by atoms with E-state index in [0.29, 0.717) is 17.4 Å². The highest BCUT2D eigenvalue weighted by Crippen LogP contribution is 2.18. The third-order valence-electron chi connectivity index (χ3n) is 2.15. The molecule has 2 aromatic heterocycles. The van der Waals surface area contributed by atoms with Crippen LogP contribution in [-0.2, 0) is 5.54 Å². The molecule has 2 rings (SSSR count). The highest BCUT2D eigenvalue weighted by molar-refractivity contribution is 7.07. The number of rotatable bonds is 3. The van der Waals surface area contributed by atoms with Gasteiger partial charge in [0.15, 0.2) is 5.82 Å². The van der Waals surface area contributed by atoms with Crippen molar-refractivity contribution < 1.29 is 9.32 Å². The first-order valence-corrected chi connectivity index (χ1v) is 5.95. The van der Waals surface area contributed by atoms with Gasteiger partial charge < -0.3 is 9.84 Å². The van der Waals surface area contributed by atoms with Crippen LogP contribution in [0.2, 0.25) is 0 Å². The lowest BCUT2D eigenvalue weighted by atomic mass is 10.1. The molecule has 2 heterocycles. The van der Waals surface area contributed by atoms with E-state index in [4.69, 9.17) is 4.52 Å². The molecule has 0 saturated carbocycles. The lowest BCUT2D eigenvalue weighted by Gasteiger charge is -2.20. The van der Waals surface area contributed by atoms with Crippen molar-refractivity contribution in [3.05, 3.63) is 28.3 Å². The normalized spacial score (nSPS) is 11.5. The maximum absolute atomic E-state index is 11.8. The molecule has 0 unspecified atom stereocenters. The van der Waals surface area contributed by atoms with Crippen molar-refractivity contribution in [1.82, 2.24) is 20.4 Å². The molecule has 0 bridgehead atoms. The van der Waals surface area contributed by atoms with Crippen LogP contribution in [0.3, 0.4) is 0 Å². The average Bonchev–Trinajstić information content (AvgIpc) is 2.86. The summed E-state index contributed by atoms with van der Waals surface area (Å²) in [6, 6.07) is 0. The van der Waals surface area contributed by atoms with E-state index in [1.807, 2.05) is 0 Å². The lowest BCUT2D eigenvalue weighted by Crippen LogP contribution is -2.41. The molecule has 0 saturated heterocycles. The number of carbonyl (C=O) groups is 1. The zero-order valence-electron chi connectivity index (χ0n) is 9.72. The van der Waals surface area contributed by atoms with E-state index in [9.17, 15) is 4.79 Å². The van der Waals surface area contributed by atoms with Crippen LogP contribution in [-0.4, -0.2) is 21.0 Å². The Bertz CT molecular complexity index is 518. The van der Waals surface area contributed by atoms with Crippen LogP contribution in [0.1, 0.15) is 36.1 Å². The quantitative estimate of drug-likeness (QED) is 0.895. The van der Waals surface area contributed by atoms with E-state index in [2.05, 4.69) is 20.4 Å². The van der Waals surface area contributed by atoms with Gasteiger partial charge in [0.25, 0.3) is 11.8 Å². The number of carbonyl (C=O) groups excluding carboxylic acids is 1. The minimum atomic E-state index is -0.720. The summed E-state index contributed by atoms with van der Waals surface area (Å²) in [5.74, 6) is 0.654. The van der Waals surface area contributed by atoms with Crippen molar-refractivity contribution in [3.63, 3.8) is 0 Å². The highest BCUT2D eigenvalue weighted by atomic mass is 32.1. The number of nitrogens with zero attached hydrogens (tertiary/aromatic N) is 3. The number of hydrogen-bond acceptors (Lipinski definition) is 6. The van der Waals surface area contributed by atoms with Crippen LogP contribution >= 0.6 is 11.3 Å². The van der Waals surface area contributed by atoms with E-state index in [-0.39, 0.29) is 5.91 Å². The fraction of sp³-hybridized carbons (Fsp3) is 0.400. The summed E-state index contributed by atoms with van der Waals surface area (Å²) in [5.41, 5.74) is 1.28. The predicted molar refractivity (Wildman–Crippen MR) is 61.6 cm³/mol. The van der Waals surface area contributed by atoms with Gasteiger partial charge in [-0.3, -0.25) is 4.79 Å². The van der Waals surface area contributed by atoms with Gasteiger partial charge in [-0.05, 0) is 20.8 Å². The van der Waals surface area contributed by atoms with Crippen molar-refractivity contribution >= 4 is 17.2 Å². The van der Waals surface area contributed by atoms with Gasteiger partial charge in [0.1, 0.15) is 11.2 Å². The molecule has 1 N–H and O–H groups in total. The number of nitrogens with one attached hydrogen (secondary N) is 1. The fourth-order valence-electron chi connectivity index (χ4n) is 1.28. The monoisotopic (exact) mass is 252 g/mol. The van der Waals surface area contributed by atoms with Crippen LogP contribution in [0.15, 0.2) is 15.4 Å². The zero-order valence-corrected chi connectivity index (χ0v) is 10.5. The van der Waals surface area contributed by atoms with Gasteiger partial charge in [0.05, 0.1) is 5.51 Å². The number of hydrogen-bond donors (Lipinski definition) is 1. The second-order valence-corrected chi connectivity index (χ2v) is 4.82. The smallest absolute Gasteiger partial charge is 0.271 e. The standard InChI is InChI=1S/C10H12N4O2S/c1-6-12-9(16-14-6)10(2,3)13-8(15)7-4-17-5-11-7/h4-5H,1-3H3,(H,13,15). The van der Waals surface area contributed by atoms with Gasteiger partial charge in [-0.2, -0.15) is 4.98 Å². The first kappa shape index (κ1) is 11.7. The maximum Gasteiger partial charge on any atom is 0.271 e. The maximum atomic E-state index is 11.8. The Balaban J connectivity index is 2.15. The van der Waals surface area contributed by atoms with Crippen LogP contribution in [0.25, 0.3) is 0 Å². The van der Waals surface area contributed by atoms with E-state index < -0.39 is 5.54 Å². The summed E-state index contributed by atoms with van der Waals surface area (Å²) < 4.78 is 5.05. The molecule has 0 aromatic carbocycles. The van der Waals surface area contributed by atoms with Gasteiger partial charge in [-0.15, -0.1) is 11.3 Å². The van der Waals surface area contributed by atoms with E-state index >= 15 is 0 Å². The Morgan fingerprint density at radius 3 is 2.82 bits per heavy atom. The molecule has 2 aromatic rings. The number of aryl methyl sites for hydroxylation is 1. The molecular weight excluding hydrogens is 240 g/mol. The summed E-state index contributed by atoms with van der Waals surface area (Å²) in [6.07, 6.45) is 0. The highest BCUT2D eigenvalue weighted by Gasteiger charge is 2.29. The predicted octanol–water partition coefficient (Wildman–Crippen LogP) is 1.50. The summed E-state index contributed by atoms with van der Waals surface area (Å²) in [6.45, 7) is 5.32. The van der Waals surface area contributed by atoms with E-state index in [0.717, 1.165) is 0 Å². The number of thiazole rings is 1. The van der Waals surface area contributed by atoms with E-state index in [1.54, 1.807) is 31.7 Å². The molecule has 6 nitrogen and oxygen atoms in total. The second kappa shape index (κ2) is 4.25. The lowest BCUT2D eigenvalue weighted by molar-refractivity contribution is 0.0890. The minimum Gasteiger partial charge on any atom is -0.337 e. The number of aromatic nitrogens is 3. The van der Waals surface area contributed by atoms with Gasteiger partial charge in [-0.25, -0.2) is 4.98 Å². The van der Waals surface area contributed by atoms with Crippen molar-refractivity contribution in [2.75, 3.05) is 0 Å². The molecule has 0 aliphatic heterocycles. The molecule has 0 aliphatic carbocycles. The van der Waals surface area contributed by atoms with Gasteiger partial charge in [0, 0.05) is 5.38 Å². The van der Waals surface area contributed by atoms with Crippen molar-refractivity contribution in [2.45, 2.75) is 26.3 Å². The molecule has 7 heteroatoms. The Labute approximate surface area is 102 Å². The zero-order chi connectivity index (χ0) is 12.5. The van der Waals surface area contributed by atoms with Gasteiger partial charge >= 0.3 is 0 Å². The van der Waals surface area contributed by atoms with Crippen molar-refractivity contribution in [3.8, 4) is 0 Å². The second-order valence-electron chi connectivity index (χ2n) is 4.10. The molecular formula is C10H12N4O2S. The van der Waals surface area contributed by atoms with E-state index in [1.165, 1.54) is 11.3 Å². The summed E-state index contributed by atoms with van der Waals surface area (Å²) in [4.78, 5) is 19.9. The molecule has 0 fully saturated rings. The molecule has 0 aliphatic rings. The summed E-state index contributed by atoms with van der Waals surface area (Å²) in [7, 11) is 0. The SMILES string of the molecule is Cc1noc(C(C)(C)NC(=O)c2cscn2)n1. The topological polar surface area (TPSA) is 80.9 Å². The Morgan fingerprint density at radius 2 is 2.29 bits per heavy atom. The molecule has 1 amide bonds. The molecule has 17 heavy (non-hydrogen) atoms. The van der Waals surface area contributed by atoms with Crippen molar-refractivity contribution in [1.29, 1.82) is 0 Å². The van der Waals surface area contributed by atoms with Crippen molar-refractivity contribution in [2.24, 2.45) is 0 Å². The average molecular weight is 252 g/mol. The Kier molecular flexibility index (Phi) is 2.93. The molecule has 90 valence electrons. The third-order valence-corrected chi connectivity index (χ3v) is 2.74. The molecule has 0 radical (unpaired) electrons. The Hall–Kier alpha value is -1.76. The van der Waals surface area contributed by atoms with Gasteiger partial charge in [0.2, 0.25) is 0 Å². The van der Waals surface area contributed by atoms with Crippen LogP contribution in [0.5, 0.6) is 0 Å². The molecule has 0 spiro atoms. The van der Waals surface area contributed by atoms with Gasteiger partial charge in [-0.1, -0.05) is 5.16 Å². The molecule has 0 atom stereocenters. The minimum absolute atomic E-state index is 0.257. The summed E-state index contributed by atoms with van der Waals surface area (Å²) in [5, 5.41) is 8.18.